The lowest BCUT2D eigenvalue weighted by Crippen LogP contribution is -2.30. The number of anilines is 1. The number of fused-ring (bicyclic) bond motifs is 1. The second kappa shape index (κ2) is 5.92. The van der Waals surface area contributed by atoms with E-state index >= 15 is 0 Å². The van der Waals surface area contributed by atoms with Crippen LogP contribution in [0.15, 0.2) is 18.2 Å². The smallest absolute Gasteiger partial charge is 0.233 e. The maximum Gasteiger partial charge on any atom is 0.233 e. The Hall–Kier alpha value is -1.07. The zero-order valence-electron chi connectivity index (χ0n) is 11.6. The van der Waals surface area contributed by atoms with E-state index in [1.54, 1.807) is 0 Å². The molecule has 1 aromatic rings. The van der Waals surface area contributed by atoms with Crippen LogP contribution in [0.3, 0.4) is 0 Å². The largest absolute Gasteiger partial charge is 0.313 e. The SMILES string of the molecule is CC(C)NCCS(=O)(=O)Nc1ccc2c(c1)CCC2. The number of sulfonamides is 1. The van der Waals surface area contributed by atoms with Gasteiger partial charge in [0.1, 0.15) is 0 Å². The summed E-state index contributed by atoms with van der Waals surface area (Å²) in [6.45, 7) is 4.47. The summed E-state index contributed by atoms with van der Waals surface area (Å²) in [5.41, 5.74) is 3.31. The van der Waals surface area contributed by atoms with Gasteiger partial charge in [-0.3, -0.25) is 4.72 Å². The van der Waals surface area contributed by atoms with Crippen LogP contribution in [0.25, 0.3) is 0 Å². The van der Waals surface area contributed by atoms with Crippen molar-refractivity contribution in [2.75, 3.05) is 17.0 Å². The molecule has 0 radical (unpaired) electrons. The molecule has 0 amide bonds. The van der Waals surface area contributed by atoms with Gasteiger partial charge in [-0.05, 0) is 42.5 Å². The summed E-state index contributed by atoms with van der Waals surface area (Å²) in [4.78, 5) is 0. The molecule has 4 nitrogen and oxygen atoms in total. The first kappa shape index (κ1) is 14.3. The highest BCUT2D eigenvalue weighted by molar-refractivity contribution is 7.92. The van der Waals surface area contributed by atoms with E-state index in [4.69, 9.17) is 0 Å². The van der Waals surface area contributed by atoms with Crippen LogP contribution in [0.4, 0.5) is 5.69 Å². The Labute approximate surface area is 115 Å². The van der Waals surface area contributed by atoms with Gasteiger partial charge in [0.25, 0.3) is 0 Å². The highest BCUT2D eigenvalue weighted by Gasteiger charge is 2.14. The fourth-order valence-corrected chi connectivity index (χ4v) is 3.32. The Bertz CT molecular complexity index is 538. The van der Waals surface area contributed by atoms with Crippen LogP contribution in [-0.4, -0.2) is 26.8 Å². The predicted molar refractivity (Wildman–Crippen MR) is 79.0 cm³/mol. The number of aryl methyl sites for hydroxylation is 2. The van der Waals surface area contributed by atoms with Crippen LogP contribution in [0.5, 0.6) is 0 Å². The van der Waals surface area contributed by atoms with E-state index in [1.165, 1.54) is 17.5 Å². The van der Waals surface area contributed by atoms with E-state index in [9.17, 15) is 8.42 Å². The third kappa shape index (κ3) is 4.21. The van der Waals surface area contributed by atoms with Crippen LogP contribution in [0.2, 0.25) is 0 Å². The van der Waals surface area contributed by atoms with Crippen molar-refractivity contribution >= 4 is 15.7 Å². The first-order valence-electron chi connectivity index (χ1n) is 6.82. The molecular formula is C14H22N2O2S. The number of benzene rings is 1. The molecule has 19 heavy (non-hydrogen) atoms. The normalized spacial score (nSPS) is 14.7. The molecule has 2 N–H and O–H groups in total. The average molecular weight is 282 g/mol. The molecular weight excluding hydrogens is 260 g/mol. The fourth-order valence-electron chi connectivity index (χ4n) is 2.35. The van der Waals surface area contributed by atoms with Crippen LogP contribution in [-0.2, 0) is 22.9 Å². The molecule has 1 aliphatic carbocycles. The molecule has 5 heteroatoms. The molecule has 0 fully saturated rings. The van der Waals surface area contributed by atoms with Gasteiger partial charge in [-0.15, -0.1) is 0 Å². The number of hydrogen-bond donors (Lipinski definition) is 2. The van der Waals surface area contributed by atoms with Gasteiger partial charge in [0.05, 0.1) is 5.75 Å². The summed E-state index contributed by atoms with van der Waals surface area (Å²) < 4.78 is 26.5. The fraction of sp³-hybridized carbons (Fsp3) is 0.571. The molecule has 0 spiro atoms. The van der Waals surface area contributed by atoms with Gasteiger partial charge in [0.2, 0.25) is 10.0 Å². The topological polar surface area (TPSA) is 58.2 Å². The molecule has 0 saturated heterocycles. The quantitative estimate of drug-likeness (QED) is 0.838. The lowest BCUT2D eigenvalue weighted by molar-refractivity contribution is 0.582. The summed E-state index contributed by atoms with van der Waals surface area (Å²) in [7, 11) is -3.26. The van der Waals surface area contributed by atoms with Crippen molar-refractivity contribution in [1.29, 1.82) is 0 Å². The van der Waals surface area contributed by atoms with E-state index in [0.717, 1.165) is 12.8 Å². The molecule has 0 saturated carbocycles. The highest BCUT2D eigenvalue weighted by Crippen LogP contribution is 2.25. The number of nitrogens with one attached hydrogen (secondary N) is 2. The zero-order chi connectivity index (χ0) is 13.9. The summed E-state index contributed by atoms with van der Waals surface area (Å²) in [6.07, 6.45) is 3.34. The van der Waals surface area contributed by atoms with Gasteiger partial charge in [-0.1, -0.05) is 19.9 Å². The molecule has 0 bridgehead atoms. The third-order valence-electron chi connectivity index (χ3n) is 3.30. The first-order valence-corrected chi connectivity index (χ1v) is 8.47. The minimum Gasteiger partial charge on any atom is -0.313 e. The van der Waals surface area contributed by atoms with Gasteiger partial charge >= 0.3 is 0 Å². The molecule has 2 rings (SSSR count). The molecule has 1 aliphatic rings. The van der Waals surface area contributed by atoms with Crippen molar-refractivity contribution in [3.8, 4) is 0 Å². The summed E-state index contributed by atoms with van der Waals surface area (Å²) >= 11 is 0. The third-order valence-corrected chi connectivity index (χ3v) is 4.58. The van der Waals surface area contributed by atoms with E-state index < -0.39 is 10.0 Å². The van der Waals surface area contributed by atoms with Gasteiger partial charge in [-0.25, -0.2) is 8.42 Å². The van der Waals surface area contributed by atoms with E-state index in [-0.39, 0.29) is 5.75 Å². The van der Waals surface area contributed by atoms with Crippen molar-refractivity contribution in [2.45, 2.75) is 39.2 Å². The molecule has 0 aliphatic heterocycles. The molecule has 0 unspecified atom stereocenters. The Balaban J connectivity index is 1.96. The lowest BCUT2D eigenvalue weighted by Gasteiger charge is -2.11. The highest BCUT2D eigenvalue weighted by atomic mass is 32.2. The summed E-state index contributed by atoms with van der Waals surface area (Å²) in [5.74, 6) is 0.0995. The minimum atomic E-state index is -3.26. The Morgan fingerprint density at radius 1 is 1.21 bits per heavy atom. The molecule has 0 atom stereocenters. The zero-order valence-corrected chi connectivity index (χ0v) is 12.4. The van der Waals surface area contributed by atoms with Crippen molar-refractivity contribution < 1.29 is 8.42 Å². The van der Waals surface area contributed by atoms with Gasteiger partial charge < -0.3 is 5.32 Å². The van der Waals surface area contributed by atoms with Gasteiger partial charge in [-0.2, -0.15) is 0 Å². The van der Waals surface area contributed by atoms with Crippen molar-refractivity contribution in [2.24, 2.45) is 0 Å². The van der Waals surface area contributed by atoms with Gasteiger partial charge in [0.15, 0.2) is 0 Å². The van der Waals surface area contributed by atoms with Crippen molar-refractivity contribution in [3.63, 3.8) is 0 Å². The lowest BCUT2D eigenvalue weighted by atomic mass is 10.1. The predicted octanol–water partition coefficient (Wildman–Crippen LogP) is 1.91. The maximum absolute atomic E-state index is 11.9. The van der Waals surface area contributed by atoms with Crippen molar-refractivity contribution in [1.82, 2.24) is 5.32 Å². The van der Waals surface area contributed by atoms with Gasteiger partial charge in [0, 0.05) is 18.3 Å². The molecule has 1 aromatic carbocycles. The Kier molecular flexibility index (Phi) is 4.47. The molecule has 0 aromatic heterocycles. The second-order valence-electron chi connectivity index (χ2n) is 5.37. The van der Waals surface area contributed by atoms with Crippen LogP contribution < -0.4 is 10.0 Å². The van der Waals surface area contributed by atoms with Crippen LogP contribution >= 0.6 is 0 Å². The maximum atomic E-state index is 11.9. The van der Waals surface area contributed by atoms with E-state index in [2.05, 4.69) is 10.0 Å². The number of rotatable bonds is 6. The van der Waals surface area contributed by atoms with Crippen molar-refractivity contribution in [3.05, 3.63) is 29.3 Å². The average Bonchev–Trinajstić information content (AvgIpc) is 2.74. The van der Waals surface area contributed by atoms with Crippen LogP contribution in [0, 0.1) is 0 Å². The van der Waals surface area contributed by atoms with E-state index in [1.807, 2.05) is 32.0 Å². The van der Waals surface area contributed by atoms with Crippen LogP contribution in [0.1, 0.15) is 31.4 Å². The molecule has 0 heterocycles. The molecule has 106 valence electrons. The number of hydrogen-bond acceptors (Lipinski definition) is 3. The summed E-state index contributed by atoms with van der Waals surface area (Å²) in [5, 5.41) is 3.11. The standard InChI is InChI=1S/C14H22N2O2S/c1-11(2)15-8-9-19(17,18)16-14-7-6-12-4-3-5-13(12)10-14/h6-7,10-11,15-16H,3-5,8-9H2,1-2H3. The monoisotopic (exact) mass is 282 g/mol. The Morgan fingerprint density at radius 3 is 2.68 bits per heavy atom. The summed E-state index contributed by atoms with van der Waals surface area (Å²) in [6, 6.07) is 6.16. The Morgan fingerprint density at radius 2 is 1.95 bits per heavy atom. The minimum absolute atomic E-state index is 0.0995. The van der Waals surface area contributed by atoms with E-state index in [0.29, 0.717) is 18.3 Å². The second-order valence-corrected chi connectivity index (χ2v) is 7.21. The first-order chi connectivity index (χ1) is 8.96.